The van der Waals surface area contributed by atoms with Crippen molar-refractivity contribution in [1.29, 1.82) is 0 Å². The maximum absolute atomic E-state index is 12.6. The molecule has 4 rings (SSSR count). The van der Waals surface area contributed by atoms with Gasteiger partial charge in [0, 0.05) is 48.8 Å². The quantitative estimate of drug-likeness (QED) is 0.337. The molecule has 1 saturated heterocycles. The summed E-state index contributed by atoms with van der Waals surface area (Å²) in [7, 11) is 2.96. The van der Waals surface area contributed by atoms with Gasteiger partial charge in [-0.25, -0.2) is 9.97 Å². The molecule has 38 heavy (non-hydrogen) atoms. The van der Waals surface area contributed by atoms with E-state index in [4.69, 9.17) is 32.3 Å². The molecule has 3 aromatic rings. The zero-order valence-corrected chi connectivity index (χ0v) is 22.1. The van der Waals surface area contributed by atoms with Crippen molar-refractivity contribution in [1.82, 2.24) is 19.8 Å². The van der Waals surface area contributed by atoms with Gasteiger partial charge in [0.05, 0.1) is 31.7 Å². The van der Waals surface area contributed by atoms with Crippen LogP contribution < -0.4 is 15.2 Å². The molecular formula is C25H29N5O7S. The number of hydrogen-bond donors (Lipinski definition) is 3. The minimum atomic E-state index is -1.15. The number of hydrogen-bond acceptors (Lipinski definition) is 10. The zero-order chi connectivity index (χ0) is 27.6. The van der Waals surface area contributed by atoms with Crippen molar-refractivity contribution < 1.29 is 33.4 Å². The van der Waals surface area contributed by atoms with E-state index in [9.17, 15) is 19.5 Å². The monoisotopic (exact) mass is 543 g/mol. The topological polar surface area (TPSA) is 161 Å². The summed E-state index contributed by atoms with van der Waals surface area (Å²) in [5, 5.41) is 10.8. The lowest BCUT2D eigenvalue weighted by molar-refractivity contribution is -0.145. The Kier molecular flexibility index (Phi) is 7.78. The summed E-state index contributed by atoms with van der Waals surface area (Å²) in [6.45, 7) is 3.00. The standard InChI is InChI=1S/C25H29N5O7S/c1-25(38,20(24(33)34)29-6-8-30(9-7-29)23(32)17-5-4-10-37-17)13-16-14-11-18(35-2)19(36-3)12-15(14)27-22(28-16)21(26)31/h4-5,10-12,20,38H,6-9,13H2,1-3H3,(H2,26,31)(H,33,34). The van der Waals surface area contributed by atoms with E-state index in [0.29, 0.717) is 54.3 Å². The Balaban J connectivity index is 1.63. The summed E-state index contributed by atoms with van der Waals surface area (Å²) in [4.78, 5) is 49.2. The van der Waals surface area contributed by atoms with Crippen LogP contribution in [0.15, 0.2) is 34.9 Å². The average Bonchev–Trinajstić information content (AvgIpc) is 3.42. The second kappa shape index (κ2) is 10.9. The number of fused-ring (bicyclic) bond motifs is 1. The number of thiol groups is 1. The number of nitrogens with two attached hydrogens (primary N) is 1. The van der Waals surface area contributed by atoms with Crippen molar-refractivity contribution >= 4 is 41.3 Å². The molecule has 0 aliphatic carbocycles. The number of primary amides is 1. The summed E-state index contributed by atoms with van der Waals surface area (Å²) >= 11 is 4.80. The maximum Gasteiger partial charge on any atom is 0.322 e. The van der Waals surface area contributed by atoms with Gasteiger partial charge in [-0.3, -0.25) is 19.3 Å². The van der Waals surface area contributed by atoms with E-state index >= 15 is 0 Å². The first kappa shape index (κ1) is 27.2. The first-order valence-electron chi connectivity index (χ1n) is 11.8. The van der Waals surface area contributed by atoms with Gasteiger partial charge in [-0.2, -0.15) is 12.6 Å². The Labute approximate surface area is 224 Å². The van der Waals surface area contributed by atoms with E-state index < -0.39 is 22.7 Å². The number of rotatable bonds is 9. The van der Waals surface area contributed by atoms with Crippen LogP contribution in [0.2, 0.25) is 0 Å². The molecule has 0 bridgehead atoms. The average molecular weight is 544 g/mol. The highest BCUT2D eigenvalue weighted by atomic mass is 32.1. The van der Waals surface area contributed by atoms with E-state index in [2.05, 4.69) is 9.97 Å². The third kappa shape index (κ3) is 5.38. The van der Waals surface area contributed by atoms with E-state index in [-0.39, 0.29) is 23.9 Å². The Bertz CT molecular complexity index is 1350. The van der Waals surface area contributed by atoms with E-state index in [1.54, 1.807) is 41.0 Å². The summed E-state index contributed by atoms with van der Waals surface area (Å²) < 4.78 is 14.8. The van der Waals surface area contributed by atoms with Crippen LogP contribution >= 0.6 is 12.6 Å². The fourth-order valence-electron chi connectivity index (χ4n) is 4.75. The van der Waals surface area contributed by atoms with Gasteiger partial charge < -0.3 is 29.6 Å². The van der Waals surface area contributed by atoms with Gasteiger partial charge in [-0.05, 0) is 25.1 Å². The predicted octanol–water partition coefficient (Wildman–Crippen LogP) is 1.48. The highest BCUT2D eigenvalue weighted by molar-refractivity contribution is 7.81. The number of ether oxygens (including phenoxy) is 2. The van der Waals surface area contributed by atoms with E-state index in [1.165, 1.54) is 20.5 Å². The number of aromatic nitrogens is 2. The van der Waals surface area contributed by atoms with Crippen LogP contribution in [-0.4, -0.2) is 93.8 Å². The first-order chi connectivity index (χ1) is 18.1. The molecule has 1 aliphatic heterocycles. The number of aliphatic carboxylic acids is 1. The van der Waals surface area contributed by atoms with Crippen molar-refractivity contribution in [2.75, 3.05) is 40.4 Å². The fourth-order valence-corrected chi connectivity index (χ4v) is 5.18. The molecule has 0 radical (unpaired) electrons. The summed E-state index contributed by atoms with van der Waals surface area (Å²) in [6.07, 6.45) is 1.50. The lowest BCUT2D eigenvalue weighted by Crippen LogP contribution is -2.60. The zero-order valence-electron chi connectivity index (χ0n) is 21.2. The Morgan fingerprint density at radius 1 is 1.16 bits per heavy atom. The Morgan fingerprint density at radius 3 is 2.37 bits per heavy atom. The number of piperazine rings is 1. The van der Waals surface area contributed by atoms with Gasteiger partial charge in [-0.15, -0.1) is 0 Å². The van der Waals surface area contributed by atoms with Crippen LogP contribution in [0, 0.1) is 0 Å². The van der Waals surface area contributed by atoms with Crippen LogP contribution in [-0.2, 0) is 11.2 Å². The van der Waals surface area contributed by atoms with Crippen molar-refractivity contribution in [3.05, 3.63) is 47.8 Å². The van der Waals surface area contributed by atoms with Crippen molar-refractivity contribution in [2.45, 2.75) is 24.1 Å². The predicted molar refractivity (Wildman–Crippen MR) is 140 cm³/mol. The number of carbonyl (C=O) groups is 3. The number of methoxy groups -OCH3 is 2. The van der Waals surface area contributed by atoms with E-state index in [1.807, 2.05) is 0 Å². The molecule has 1 aliphatic rings. The molecule has 2 unspecified atom stereocenters. The molecule has 2 aromatic heterocycles. The third-order valence-electron chi connectivity index (χ3n) is 6.55. The Hall–Kier alpha value is -3.84. The minimum absolute atomic E-state index is 0.0629. The number of carboxylic acids is 1. The molecule has 12 nitrogen and oxygen atoms in total. The SMILES string of the molecule is COc1cc2nc(C(N)=O)nc(CC(C)(S)C(C(=O)O)N3CCN(C(=O)c4ccco4)CC3)c2cc1OC. The van der Waals surface area contributed by atoms with Crippen molar-refractivity contribution in [3.8, 4) is 11.5 Å². The molecule has 3 heterocycles. The first-order valence-corrected chi connectivity index (χ1v) is 12.2. The molecule has 1 aromatic carbocycles. The van der Waals surface area contributed by atoms with Crippen molar-refractivity contribution in [2.24, 2.45) is 5.73 Å². The van der Waals surface area contributed by atoms with Crippen LogP contribution in [0.5, 0.6) is 11.5 Å². The highest BCUT2D eigenvalue weighted by Gasteiger charge is 2.43. The fraction of sp³-hybridized carbons (Fsp3) is 0.400. The van der Waals surface area contributed by atoms with Gasteiger partial charge >= 0.3 is 5.97 Å². The molecule has 2 amide bonds. The van der Waals surface area contributed by atoms with Gasteiger partial charge in [0.2, 0.25) is 5.82 Å². The van der Waals surface area contributed by atoms with Gasteiger partial charge in [-0.1, -0.05) is 0 Å². The lowest BCUT2D eigenvalue weighted by atomic mass is 9.91. The molecule has 1 fully saturated rings. The second-order valence-electron chi connectivity index (χ2n) is 9.16. The molecule has 2 atom stereocenters. The van der Waals surface area contributed by atoms with Crippen LogP contribution in [0.4, 0.5) is 0 Å². The van der Waals surface area contributed by atoms with Crippen LogP contribution in [0.1, 0.15) is 33.8 Å². The summed E-state index contributed by atoms with van der Waals surface area (Å²) in [6, 6.07) is 5.48. The number of furan rings is 1. The van der Waals surface area contributed by atoms with Crippen LogP contribution in [0.3, 0.4) is 0 Å². The van der Waals surface area contributed by atoms with Crippen molar-refractivity contribution in [3.63, 3.8) is 0 Å². The number of amides is 2. The maximum atomic E-state index is 12.6. The van der Waals surface area contributed by atoms with Crippen LogP contribution in [0.25, 0.3) is 10.9 Å². The molecule has 0 saturated carbocycles. The summed E-state index contributed by atoms with van der Waals surface area (Å²) in [5.74, 6) is -1.28. The summed E-state index contributed by atoms with van der Waals surface area (Å²) in [5.41, 5.74) is 6.26. The minimum Gasteiger partial charge on any atom is -0.493 e. The smallest absolute Gasteiger partial charge is 0.322 e. The molecular weight excluding hydrogens is 514 g/mol. The largest absolute Gasteiger partial charge is 0.493 e. The number of carbonyl (C=O) groups excluding carboxylic acids is 2. The number of benzene rings is 1. The number of nitrogens with zero attached hydrogens (tertiary/aromatic N) is 4. The second-order valence-corrected chi connectivity index (χ2v) is 10.2. The molecule has 13 heteroatoms. The van der Waals surface area contributed by atoms with Gasteiger partial charge in [0.25, 0.3) is 11.8 Å². The lowest BCUT2D eigenvalue weighted by Gasteiger charge is -2.43. The highest BCUT2D eigenvalue weighted by Crippen LogP contribution is 2.36. The molecule has 0 spiro atoms. The number of carboxylic acid groups (broad SMARTS) is 1. The molecule has 3 N–H and O–H groups in total. The van der Waals surface area contributed by atoms with Gasteiger partial charge in [0.1, 0.15) is 6.04 Å². The third-order valence-corrected chi connectivity index (χ3v) is 6.95. The normalized spacial score (nSPS) is 16.6. The van der Waals surface area contributed by atoms with E-state index in [0.717, 1.165) is 0 Å². The Morgan fingerprint density at radius 2 is 1.82 bits per heavy atom. The molecule has 202 valence electrons. The van der Waals surface area contributed by atoms with Gasteiger partial charge in [0.15, 0.2) is 17.3 Å².